The van der Waals surface area contributed by atoms with E-state index in [0.29, 0.717) is 29.4 Å². The fourth-order valence-electron chi connectivity index (χ4n) is 2.32. The third kappa shape index (κ3) is 3.10. The van der Waals surface area contributed by atoms with Gasteiger partial charge in [0.15, 0.2) is 6.29 Å². The number of nitrogens with zero attached hydrogens (tertiary/aromatic N) is 4. The minimum atomic E-state index is -0.224. The van der Waals surface area contributed by atoms with Gasteiger partial charge >= 0.3 is 0 Å². The van der Waals surface area contributed by atoms with Crippen LogP contribution in [0.4, 0.5) is 0 Å². The largest absolute Gasteiger partial charge is 0.506 e. The first-order valence-electron chi connectivity index (χ1n) is 7.29. The maximum atomic E-state index is 9.95. The van der Waals surface area contributed by atoms with Crippen LogP contribution in [0.15, 0.2) is 12.1 Å². The van der Waals surface area contributed by atoms with E-state index in [1.165, 1.54) is 0 Å². The van der Waals surface area contributed by atoms with Crippen LogP contribution in [0.3, 0.4) is 0 Å². The molecule has 0 aromatic carbocycles. The van der Waals surface area contributed by atoms with E-state index in [-0.39, 0.29) is 18.6 Å². The summed E-state index contributed by atoms with van der Waals surface area (Å²) >= 11 is 0. The zero-order valence-corrected chi connectivity index (χ0v) is 12.5. The summed E-state index contributed by atoms with van der Waals surface area (Å²) in [7, 11) is 1.77. The third-order valence-corrected chi connectivity index (χ3v) is 3.68. The number of hydrogen-bond acceptors (Lipinski definition) is 6. The molecule has 7 heteroatoms. The molecule has 1 unspecified atom stereocenters. The maximum absolute atomic E-state index is 9.95. The Morgan fingerprint density at radius 2 is 2.32 bits per heavy atom. The van der Waals surface area contributed by atoms with Gasteiger partial charge in [0, 0.05) is 13.7 Å². The average Bonchev–Trinajstić information content (AvgIpc) is 2.87. The summed E-state index contributed by atoms with van der Waals surface area (Å²) in [5, 5.41) is 17.9. The molecule has 3 heterocycles. The fourth-order valence-corrected chi connectivity index (χ4v) is 2.32. The molecule has 1 radical (unpaired) electrons. The van der Waals surface area contributed by atoms with Gasteiger partial charge in [-0.05, 0) is 38.3 Å². The first-order chi connectivity index (χ1) is 10.6. The van der Waals surface area contributed by atoms with Gasteiger partial charge in [0.1, 0.15) is 17.1 Å². The smallest absolute Gasteiger partial charge is 0.158 e. The number of aryl methyl sites for hydroxylation is 1. The molecule has 2 aromatic rings. The summed E-state index contributed by atoms with van der Waals surface area (Å²) in [5.74, 6) is 0.0917. The highest BCUT2D eigenvalue weighted by molar-refractivity contribution is 5.58. The Morgan fingerprint density at radius 1 is 1.45 bits per heavy atom. The molecule has 22 heavy (non-hydrogen) atoms. The minimum absolute atomic E-state index is 0.0917. The molecule has 2 aromatic heterocycles. The third-order valence-electron chi connectivity index (χ3n) is 3.68. The molecule has 1 saturated heterocycles. The van der Waals surface area contributed by atoms with Crippen molar-refractivity contribution in [3.63, 3.8) is 0 Å². The van der Waals surface area contributed by atoms with Gasteiger partial charge in [-0.25, -0.2) is 4.98 Å². The van der Waals surface area contributed by atoms with Crippen LogP contribution >= 0.6 is 0 Å². The van der Waals surface area contributed by atoms with E-state index in [0.717, 1.165) is 19.3 Å². The van der Waals surface area contributed by atoms with Gasteiger partial charge in [0.2, 0.25) is 0 Å². The molecule has 0 spiro atoms. The van der Waals surface area contributed by atoms with E-state index in [1.54, 1.807) is 23.9 Å². The topological polar surface area (TPSA) is 82.3 Å². The van der Waals surface area contributed by atoms with E-state index in [4.69, 9.17) is 9.47 Å². The van der Waals surface area contributed by atoms with Gasteiger partial charge in [-0.2, -0.15) is 0 Å². The molecule has 1 fully saturated rings. The van der Waals surface area contributed by atoms with Crippen LogP contribution < -0.4 is 0 Å². The van der Waals surface area contributed by atoms with E-state index >= 15 is 0 Å². The molecule has 0 bridgehead atoms. The van der Waals surface area contributed by atoms with Crippen molar-refractivity contribution in [3.8, 4) is 17.1 Å². The van der Waals surface area contributed by atoms with Crippen molar-refractivity contribution in [2.45, 2.75) is 32.2 Å². The van der Waals surface area contributed by atoms with Crippen molar-refractivity contribution >= 4 is 0 Å². The molecular formula is C15H19N4O3. The van der Waals surface area contributed by atoms with Crippen molar-refractivity contribution in [1.82, 2.24) is 20.0 Å². The van der Waals surface area contributed by atoms with Crippen molar-refractivity contribution in [3.05, 3.63) is 30.4 Å². The second-order valence-corrected chi connectivity index (χ2v) is 5.28. The number of aromatic hydroxyl groups is 1. The predicted octanol–water partition coefficient (Wildman–Crippen LogP) is 1.81. The van der Waals surface area contributed by atoms with Crippen molar-refractivity contribution in [2.75, 3.05) is 6.61 Å². The lowest BCUT2D eigenvalue weighted by Crippen LogP contribution is -2.22. The van der Waals surface area contributed by atoms with E-state index in [2.05, 4.69) is 22.2 Å². The summed E-state index contributed by atoms with van der Waals surface area (Å²) in [6, 6.07) is 3.27. The first-order valence-corrected chi connectivity index (χ1v) is 7.29. The Balaban J connectivity index is 1.76. The molecule has 3 rings (SSSR count). The molecule has 0 saturated carbocycles. The van der Waals surface area contributed by atoms with Crippen LogP contribution in [0, 0.1) is 6.92 Å². The number of pyridine rings is 1. The molecule has 1 atom stereocenters. The SMILES string of the molecule is [CH2]c1c(-c2ccc(O)c(COC3CCCCO3)n2)nnn1C. The molecule has 0 aliphatic carbocycles. The second kappa shape index (κ2) is 6.41. The van der Waals surface area contributed by atoms with Gasteiger partial charge < -0.3 is 14.6 Å². The van der Waals surface area contributed by atoms with Crippen molar-refractivity contribution in [2.24, 2.45) is 7.05 Å². The molecule has 117 valence electrons. The Kier molecular flexibility index (Phi) is 4.35. The van der Waals surface area contributed by atoms with Crippen LogP contribution in [0.5, 0.6) is 5.75 Å². The van der Waals surface area contributed by atoms with E-state index < -0.39 is 0 Å². The van der Waals surface area contributed by atoms with Crippen LogP contribution in [-0.2, 0) is 23.1 Å². The Labute approximate surface area is 128 Å². The second-order valence-electron chi connectivity index (χ2n) is 5.28. The zero-order valence-electron chi connectivity index (χ0n) is 12.5. The lowest BCUT2D eigenvalue weighted by Gasteiger charge is -2.22. The van der Waals surface area contributed by atoms with Crippen molar-refractivity contribution in [1.29, 1.82) is 0 Å². The van der Waals surface area contributed by atoms with Crippen LogP contribution in [0.1, 0.15) is 30.7 Å². The normalized spacial score (nSPS) is 18.5. The number of rotatable bonds is 4. The van der Waals surface area contributed by atoms with Gasteiger partial charge in [-0.3, -0.25) is 4.68 Å². The first kappa shape index (κ1) is 14.9. The summed E-state index contributed by atoms with van der Waals surface area (Å²) in [6.45, 7) is 4.82. The highest BCUT2D eigenvalue weighted by Crippen LogP contribution is 2.24. The van der Waals surface area contributed by atoms with Gasteiger partial charge in [0.05, 0.1) is 18.0 Å². The zero-order chi connectivity index (χ0) is 15.5. The van der Waals surface area contributed by atoms with E-state index in [1.807, 2.05) is 0 Å². The lowest BCUT2D eigenvalue weighted by molar-refractivity contribution is -0.169. The minimum Gasteiger partial charge on any atom is -0.506 e. The summed E-state index contributed by atoms with van der Waals surface area (Å²) in [4.78, 5) is 4.41. The van der Waals surface area contributed by atoms with Gasteiger partial charge in [-0.15, -0.1) is 5.10 Å². The van der Waals surface area contributed by atoms with E-state index in [9.17, 15) is 5.11 Å². The molecular weight excluding hydrogens is 284 g/mol. The standard InChI is InChI=1S/C15H19N4O3/c1-10-15(17-18-19(10)2)11-6-7-13(20)12(16-11)9-22-14-5-3-4-8-21-14/h6-7,14,20H,1,3-5,8-9H2,2H3. The molecule has 1 N–H and O–H groups in total. The van der Waals surface area contributed by atoms with Crippen LogP contribution in [0.2, 0.25) is 0 Å². The van der Waals surface area contributed by atoms with Crippen LogP contribution in [0.25, 0.3) is 11.4 Å². The highest BCUT2D eigenvalue weighted by Gasteiger charge is 2.17. The average molecular weight is 303 g/mol. The molecule has 1 aliphatic heterocycles. The van der Waals surface area contributed by atoms with Gasteiger partial charge in [0.25, 0.3) is 0 Å². The highest BCUT2D eigenvalue weighted by atomic mass is 16.7. The maximum Gasteiger partial charge on any atom is 0.158 e. The van der Waals surface area contributed by atoms with Crippen LogP contribution in [-0.4, -0.2) is 38.0 Å². The molecule has 7 nitrogen and oxygen atoms in total. The molecule has 1 aliphatic rings. The number of hydrogen-bond donors (Lipinski definition) is 1. The van der Waals surface area contributed by atoms with Gasteiger partial charge in [-0.1, -0.05) is 5.21 Å². The summed E-state index contributed by atoms with van der Waals surface area (Å²) < 4.78 is 12.8. The predicted molar refractivity (Wildman–Crippen MR) is 78.7 cm³/mol. The summed E-state index contributed by atoms with van der Waals surface area (Å²) in [6.07, 6.45) is 2.80. The van der Waals surface area contributed by atoms with Crippen molar-refractivity contribution < 1.29 is 14.6 Å². The number of ether oxygens (including phenoxy) is 2. The monoisotopic (exact) mass is 303 g/mol. The number of aromatic nitrogens is 4. The quantitative estimate of drug-likeness (QED) is 0.927. The Morgan fingerprint density at radius 3 is 3.00 bits per heavy atom. The molecule has 0 amide bonds. The Bertz CT molecular complexity index is 650. The summed E-state index contributed by atoms with van der Waals surface area (Å²) in [5.41, 5.74) is 2.33. The Hall–Kier alpha value is -1.99. The lowest BCUT2D eigenvalue weighted by atomic mass is 10.2. The fraction of sp³-hybridized carbons (Fsp3) is 0.467.